The molecule has 1 saturated carbocycles. The van der Waals surface area contributed by atoms with Crippen molar-refractivity contribution in [3.05, 3.63) is 47.7 Å². The van der Waals surface area contributed by atoms with Gasteiger partial charge in [0.2, 0.25) is 0 Å². The third-order valence-electron chi connectivity index (χ3n) is 5.46. The highest BCUT2D eigenvalue weighted by atomic mass is 15.1. The third-order valence-corrected chi connectivity index (χ3v) is 5.46. The van der Waals surface area contributed by atoms with Gasteiger partial charge in [0.15, 0.2) is 0 Å². The van der Waals surface area contributed by atoms with Crippen LogP contribution in [-0.4, -0.2) is 19.5 Å². The van der Waals surface area contributed by atoms with E-state index in [9.17, 15) is 0 Å². The fraction of sp³-hybridized carbons (Fsp3) is 0.450. The first-order chi connectivity index (χ1) is 12.3. The minimum atomic E-state index is 0.575. The minimum absolute atomic E-state index is 0.575. The van der Waals surface area contributed by atoms with Gasteiger partial charge >= 0.3 is 0 Å². The number of nitrogens with zero attached hydrogens (tertiary/aromatic N) is 4. The molecule has 1 aliphatic carbocycles. The standard InChI is InChI=1S/C20H25N5/c1-14-15(2)25(17-8-4-3-5-9-17)20-18(14)19(23-13-24-20)22-12-16-7-6-10-21-11-16/h6-7,10-11,13,17H,3-5,8-9,12H2,1-2H3,(H,22,23,24). The lowest BCUT2D eigenvalue weighted by Crippen LogP contribution is -2.14. The molecule has 5 nitrogen and oxygen atoms in total. The Morgan fingerprint density at radius 1 is 1.16 bits per heavy atom. The van der Waals surface area contributed by atoms with Crippen LogP contribution in [0.3, 0.4) is 0 Å². The van der Waals surface area contributed by atoms with Crippen LogP contribution >= 0.6 is 0 Å². The topological polar surface area (TPSA) is 55.6 Å². The maximum Gasteiger partial charge on any atom is 0.146 e. The summed E-state index contributed by atoms with van der Waals surface area (Å²) in [4.78, 5) is 13.4. The highest BCUT2D eigenvalue weighted by Crippen LogP contribution is 2.36. The van der Waals surface area contributed by atoms with Crippen molar-refractivity contribution < 1.29 is 0 Å². The molecule has 0 amide bonds. The molecule has 0 bridgehead atoms. The van der Waals surface area contributed by atoms with Crippen molar-refractivity contribution in [3.63, 3.8) is 0 Å². The predicted molar refractivity (Wildman–Crippen MR) is 101 cm³/mol. The van der Waals surface area contributed by atoms with Crippen molar-refractivity contribution in [1.29, 1.82) is 0 Å². The van der Waals surface area contributed by atoms with E-state index in [4.69, 9.17) is 0 Å². The van der Waals surface area contributed by atoms with Gasteiger partial charge in [-0.3, -0.25) is 4.98 Å². The van der Waals surface area contributed by atoms with Crippen LogP contribution in [0.4, 0.5) is 5.82 Å². The van der Waals surface area contributed by atoms with Gasteiger partial charge in [0, 0.05) is 30.7 Å². The number of hydrogen-bond donors (Lipinski definition) is 1. The molecule has 25 heavy (non-hydrogen) atoms. The van der Waals surface area contributed by atoms with Crippen molar-refractivity contribution in [2.45, 2.75) is 58.5 Å². The highest BCUT2D eigenvalue weighted by Gasteiger charge is 2.23. The second-order valence-electron chi connectivity index (χ2n) is 7.01. The molecule has 1 N–H and O–H groups in total. The lowest BCUT2D eigenvalue weighted by atomic mass is 9.95. The maximum absolute atomic E-state index is 4.65. The molecule has 1 fully saturated rings. The second kappa shape index (κ2) is 6.82. The number of pyridine rings is 1. The van der Waals surface area contributed by atoms with Crippen LogP contribution in [0.25, 0.3) is 11.0 Å². The first-order valence-electron chi connectivity index (χ1n) is 9.20. The van der Waals surface area contributed by atoms with E-state index < -0.39 is 0 Å². The summed E-state index contributed by atoms with van der Waals surface area (Å²) in [5.74, 6) is 0.920. The molecule has 130 valence electrons. The van der Waals surface area contributed by atoms with Crippen LogP contribution in [0.15, 0.2) is 30.9 Å². The Balaban J connectivity index is 1.71. The molecule has 4 rings (SSSR count). The van der Waals surface area contributed by atoms with Crippen LogP contribution in [-0.2, 0) is 6.54 Å². The van der Waals surface area contributed by atoms with Crippen molar-refractivity contribution in [2.24, 2.45) is 0 Å². The van der Waals surface area contributed by atoms with Crippen LogP contribution in [0.1, 0.15) is 55.0 Å². The lowest BCUT2D eigenvalue weighted by Gasteiger charge is -2.25. The van der Waals surface area contributed by atoms with Gasteiger partial charge in [0.1, 0.15) is 17.8 Å². The molecule has 0 spiro atoms. The zero-order chi connectivity index (χ0) is 17.2. The van der Waals surface area contributed by atoms with E-state index in [2.05, 4.69) is 44.7 Å². The van der Waals surface area contributed by atoms with Gasteiger partial charge < -0.3 is 9.88 Å². The Morgan fingerprint density at radius 2 is 2.00 bits per heavy atom. The average molecular weight is 335 g/mol. The van der Waals surface area contributed by atoms with Gasteiger partial charge in [-0.25, -0.2) is 9.97 Å². The van der Waals surface area contributed by atoms with E-state index in [-0.39, 0.29) is 0 Å². The summed E-state index contributed by atoms with van der Waals surface area (Å²) in [6.07, 6.45) is 11.9. The Hall–Kier alpha value is -2.43. The van der Waals surface area contributed by atoms with E-state index in [1.54, 1.807) is 12.5 Å². The zero-order valence-corrected chi connectivity index (χ0v) is 15.0. The van der Waals surface area contributed by atoms with E-state index >= 15 is 0 Å². The molecular formula is C20H25N5. The zero-order valence-electron chi connectivity index (χ0n) is 15.0. The van der Waals surface area contributed by atoms with E-state index in [1.807, 2.05) is 12.3 Å². The molecule has 0 saturated heterocycles. The summed E-state index contributed by atoms with van der Waals surface area (Å²) in [6.45, 7) is 5.12. The van der Waals surface area contributed by atoms with Gasteiger partial charge in [0.25, 0.3) is 0 Å². The molecular weight excluding hydrogens is 310 g/mol. The first kappa shape index (κ1) is 16.1. The lowest BCUT2D eigenvalue weighted by molar-refractivity contribution is 0.355. The summed E-state index contributed by atoms with van der Waals surface area (Å²) in [5.41, 5.74) is 4.84. The largest absolute Gasteiger partial charge is 0.365 e. The van der Waals surface area contributed by atoms with Gasteiger partial charge in [-0.05, 0) is 43.9 Å². The highest BCUT2D eigenvalue weighted by molar-refractivity contribution is 5.92. The summed E-state index contributed by atoms with van der Waals surface area (Å²) in [7, 11) is 0. The number of aryl methyl sites for hydroxylation is 1. The van der Waals surface area contributed by atoms with Gasteiger partial charge in [-0.2, -0.15) is 0 Å². The fourth-order valence-corrected chi connectivity index (χ4v) is 4.03. The van der Waals surface area contributed by atoms with Crippen molar-refractivity contribution >= 4 is 16.9 Å². The van der Waals surface area contributed by atoms with Crippen molar-refractivity contribution in [3.8, 4) is 0 Å². The van der Waals surface area contributed by atoms with E-state index in [0.29, 0.717) is 12.6 Å². The summed E-state index contributed by atoms with van der Waals surface area (Å²) < 4.78 is 2.46. The summed E-state index contributed by atoms with van der Waals surface area (Å²) in [6, 6.07) is 4.61. The molecule has 0 aliphatic heterocycles. The maximum atomic E-state index is 4.65. The second-order valence-corrected chi connectivity index (χ2v) is 7.01. The summed E-state index contributed by atoms with van der Waals surface area (Å²) >= 11 is 0. The smallest absolute Gasteiger partial charge is 0.146 e. The Morgan fingerprint density at radius 3 is 2.76 bits per heavy atom. The molecule has 5 heteroatoms. The number of hydrogen-bond acceptors (Lipinski definition) is 4. The minimum Gasteiger partial charge on any atom is -0.365 e. The molecule has 1 aliphatic rings. The molecule has 3 heterocycles. The SMILES string of the molecule is Cc1c(C)n(C2CCCCC2)c2ncnc(NCc3cccnc3)c12. The molecule has 3 aromatic heterocycles. The average Bonchev–Trinajstić information content (AvgIpc) is 2.93. The number of nitrogens with one attached hydrogen (secondary N) is 1. The Kier molecular flexibility index (Phi) is 4.38. The van der Waals surface area contributed by atoms with Gasteiger partial charge in [0.05, 0.1) is 5.39 Å². The number of anilines is 1. The summed E-state index contributed by atoms with van der Waals surface area (Å²) in [5, 5.41) is 4.65. The van der Waals surface area contributed by atoms with Crippen molar-refractivity contribution in [1.82, 2.24) is 19.5 Å². The van der Waals surface area contributed by atoms with Gasteiger partial charge in [-0.1, -0.05) is 25.3 Å². The molecule has 0 atom stereocenters. The van der Waals surface area contributed by atoms with Crippen molar-refractivity contribution in [2.75, 3.05) is 5.32 Å². The van der Waals surface area contributed by atoms with Crippen LogP contribution in [0.5, 0.6) is 0 Å². The number of aromatic nitrogens is 4. The van der Waals surface area contributed by atoms with Crippen LogP contribution in [0.2, 0.25) is 0 Å². The third kappa shape index (κ3) is 2.99. The van der Waals surface area contributed by atoms with Crippen LogP contribution < -0.4 is 5.32 Å². The van der Waals surface area contributed by atoms with E-state index in [1.165, 1.54) is 43.4 Å². The monoisotopic (exact) mass is 335 g/mol. The quantitative estimate of drug-likeness (QED) is 0.759. The van der Waals surface area contributed by atoms with Gasteiger partial charge in [-0.15, -0.1) is 0 Å². The number of rotatable bonds is 4. The van der Waals surface area contributed by atoms with E-state index in [0.717, 1.165) is 22.4 Å². The molecule has 3 aromatic rings. The molecule has 0 aromatic carbocycles. The normalized spacial score (nSPS) is 15.6. The van der Waals surface area contributed by atoms with Crippen LogP contribution in [0, 0.1) is 13.8 Å². The molecule has 0 unspecified atom stereocenters. The number of fused-ring (bicyclic) bond motifs is 1. The fourth-order valence-electron chi connectivity index (χ4n) is 4.03. The Bertz CT molecular complexity index is 863. The predicted octanol–water partition coefficient (Wildman–Crippen LogP) is 4.56. The first-order valence-corrected chi connectivity index (χ1v) is 9.20. The Labute approximate surface area is 148 Å². The molecule has 0 radical (unpaired) electrons.